The van der Waals surface area contributed by atoms with Crippen molar-refractivity contribution in [1.82, 2.24) is 10.2 Å². The Bertz CT molecular complexity index is 406. The number of ether oxygens (including phenoxy) is 1. The van der Waals surface area contributed by atoms with Crippen LogP contribution in [0.25, 0.3) is 0 Å². The van der Waals surface area contributed by atoms with Gasteiger partial charge in [-0.25, -0.2) is 0 Å². The van der Waals surface area contributed by atoms with Crippen molar-refractivity contribution in [3.63, 3.8) is 0 Å². The zero-order valence-corrected chi connectivity index (χ0v) is 14.1. The highest BCUT2D eigenvalue weighted by atomic mass is 35.5. The van der Waals surface area contributed by atoms with Gasteiger partial charge >= 0.3 is 0 Å². The Labute approximate surface area is 139 Å². The largest absolute Gasteiger partial charge is 0.399 e. The number of carbonyl (C=O) groups excluding carboxylic acids is 1. The summed E-state index contributed by atoms with van der Waals surface area (Å²) in [5, 5.41) is 2.89. The SMILES string of the molecule is COCCN(C)CCCNC(=O)c1cccc(N)c1.Cl.Cl. The number of halogens is 2. The first-order valence-electron chi connectivity index (χ1n) is 6.44. The van der Waals surface area contributed by atoms with E-state index in [9.17, 15) is 4.79 Å². The van der Waals surface area contributed by atoms with Gasteiger partial charge in [-0.1, -0.05) is 6.07 Å². The molecule has 1 amide bonds. The minimum absolute atomic E-state index is 0. The van der Waals surface area contributed by atoms with Crippen LogP contribution >= 0.6 is 24.8 Å². The van der Waals surface area contributed by atoms with Crippen LogP contribution in [0, 0.1) is 0 Å². The molecule has 0 saturated heterocycles. The molecule has 21 heavy (non-hydrogen) atoms. The summed E-state index contributed by atoms with van der Waals surface area (Å²) in [5.74, 6) is -0.0770. The van der Waals surface area contributed by atoms with Crippen molar-refractivity contribution in [2.75, 3.05) is 46.1 Å². The number of nitrogen functional groups attached to an aromatic ring is 1. The van der Waals surface area contributed by atoms with Crippen molar-refractivity contribution >= 4 is 36.4 Å². The highest BCUT2D eigenvalue weighted by Crippen LogP contribution is 2.05. The average molecular weight is 338 g/mol. The Morgan fingerprint density at radius 3 is 2.67 bits per heavy atom. The number of likely N-dealkylation sites (N-methyl/N-ethyl adjacent to an activating group) is 1. The molecule has 0 aromatic heterocycles. The molecule has 7 heteroatoms. The number of methoxy groups -OCH3 is 1. The second-order valence-corrected chi connectivity index (χ2v) is 4.53. The predicted molar refractivity (Wildman–Crippen MR) is 91.7 cm³/mol. The van der Waals surface area contributed by atoms with Gasteiger partial charge in [-0.2, -0.15) is 0 Å². The molecule has 0 unspecified atom stereocenters. The molecule has 0 radical (unpaired) electrons. The van der Waals surface area contributed by atoms with Gasteiger partial charge in [0.05, 0.1) is 6.61 Å². The molecule has 3 N–H and O–H groups in total. The van der Waals surface area contributed by atoms with E-state index < -0.39 is 0 Å². The van der Waals surface area contributed by atoms with Crippen LogP contribution in [-0.2, 0) is 4.74 Å². The van der Waals surface area contributed by atoms with Crippen molar-refractivity contribution < 1.29 is 9.53 Å². The van der Waals surface area contributed by atoms with Crippen LogP contribution in [0.2, 0.25) is 0 Å². The van der Waals surface area contributed by atoms with Gasteiger partial charge in [0.1, 0.15) is 0 Å². The standard InChI is InChI=1S/C14H23N3O2.2ClH/c1-17(9-10-19-2)8-4-7-16-14(18)12-5-3-6-13(15)11-12;;/h3,5-6,11H,4,7-10,15H2,1-2H3,(H,16,18);2*1H. The number of hydrogen-bond acceptors (Lipinski definition) is 4. The summed E-state index contributed by atoms with van der Waals surface area (Å²) in [6.07, 6.45) is 0.911. The molecular weight excluding hydrogens is 313 g/mol. The second kappa shape index (κ2) is 12.7. The van der Waals surface area contributed by atoms with E-state index in [0.29, 0.717) is 17.8 Å². The highest BCUT2D eigenvalue weighted by Gasteiger charge is 2.05. The third-order valence-corrected chi connectivity index (χ3v) is 2.83. The number of nitrogens with one attached hydrogen (secondary N) is 1. The molecular formula is C14H25Cl2N3O2. The first-order valence-corrected chi connectivity index (χ1v) is 6.44. The zero-order valence-electron chi connectivity index (χ0n) is 12.5. The van der Waals surface area contributed by atoms with Crippen LogP contribution in [0.1, 0.15) is 16.8 Å². The minimum atomic E-state index is -0.0770. The van der Waals surface area contributed by atoms with E-state index in [1.165, 1.54) is 0 Å². The van der Waals surface area contributed by atoms with Gasteiger partial charge in [-0.3, -0.25) is 4.79 Å². The lowest BCUT2D eigenvalue weighted by Gasteiger charge is -2.15. The maximum Gasteiger partial charge on any atom is 0.251 e. The lowest BCUT2D eigenvalue weighted by atomic mass is 10.2. The van der Waals surface area contributed by atoms with Gasteiger partial charge in [-0.05, 0) is 38.2 Å². The quantitative estimate of drug-likeness (QED) is 0.560. The Morgan fingerprint density at radius 2 is 2.05 bits per heavy atom. The lowest BCUT2D eigenvalue weighted by Crippen LogP contribution is -2.29. The first-order chi connectivity index (χ1) is 9.13. The average Bonchev–Trinajstić information content (AvgIpc) is 2.41. The zero-order chi connectivity index (χ0) is 14.1. The lowest BCUT2D eigenvalue weighted by molar-refractivity contribution is 0.0951. The van der Waals surface area contributed by atoms with E-state index in [2.05, 4.69) is 10.2 Å². The normalized spacial score (nSPS) is 9.67. The third-order valence-electron chi connectivity index (χ3n) is 2.83. The summed E-state index contributed by atoms with van der Waals surface area (Å²) >= 11 is 0. The Hall–Kier alpha value is -1.01. The summed E-state index contributed by atoms with van der Waals surface area (Å²) in [5.41, 5.74) is 6.85. The van der Waals surface area contributed by atoms with Crippen LogP contribution in [0.4, 0.5) is 5.69 Å². The van der Waals surface area contributed by atoms with Crippen LogP contribution in [-0.4, -0.2) is 51.2 Å². The minimum Gasteiger partial charge on any atom is -0.399 e. The Balaban J connectivity index is 0. The monoisotopic (exact) mass is 337 g/mol. The molecule has 0 aliphatic heterocycles. The molecule has 0 spiro atoms. The van der Waals surface area contributed by atoms with Crippen LogP contribution in [0.5, 0.6) is 0 Å². The fourth-order valence-corrected chi connectivity index (χ4v) is 1.69. The first kappa shape index (κ1) is 22.3. The molecule has 0 saturated carbocycles. The number of carbonyl (C=O) groups is 1. The Morgan fingerprint density at radius 1 is 1.33 bits per heavy atom. The van der Waals surface area contributed by atoms with Gasteiger partial charge in [0, 0.05) is 31.5 Å². The second-order valence-electron chi connectivity index (χ2n) is 4.53. The van der Waals surface area contributed by atoms with Crippen LogP contribution < -0.4 is 11.1 Å². The van der Waals surface area contributed by atoms with Crippen molar-refractivity contribution in [3.8, 4) is 0 Å². The van der Waals surface area contributed by atoms with Gasteiger partial charge in [0.15, 0.2) is 0 Å². The number of benzene rings is 1. The summed E-state index contributed by atoms with van der Waals surface area (Å²) in [6, 6.07) is 6.99. The van der Waals surface area contributed by atoms with Crippen molar-refractivity contribution in [1.29, 1.82) is 0 Å². The number of hydrogen-bond donors (Lipinski definition) is 2. The van der Waals surface area contributed by atoms with E-state index in [1.807, 2.05) is 7.05 Å². The van der Waals surface area contributed by atoms with Gasteiger partial charge in [0.25, 0.3) is 5.91 Å². The molecule has 1 aromatic carbocycles. The molecule has 5 nitrogen and oxygen atoms in total. The number of rotatable bonds is 8. The molecule has 0 atom stereocenters. The number of anilines is 1. The number of amides is 1. The molecule has 0 heterocycles. The molecule has 0 bridgehead atoms. The maximum absolute atomic E-state index is 11.8. The Kier molecular flexibility index (Phi) is 13.5. The summed E-state index contributed by atoms with van der Waals surface area (Å²) < 4.78 is 5.00. The van der Waals surface area contributed by atoms with Crippen molar-refractivity contribution in [3.05, 3.63) is 29.8 Å². The van der Waals surface area contributed by atoms with E-state index in [1.54, 1.807) is 31.4 Å². The topological polar surface area (TPSA) is 67.6 Å². The number of nitrogens with zero attached hydrogens (tertiary/aromatic N) is 1. The van der Waals surface area contributed by atoms with Gasteiger partial charge in [-0.15, -0.1) is 24.8 Å². The fourth-order valence-electron chi connectivity index (χ4n) is 1.69. The van der Waals surface area contributed by atoms with E-state index in [-0.39, 0.29) is 30.7 Å². The molecule has 0 aliphatic carbocycles. The molecule has 1 rings (SSSR count). The maximum atomic E-state index is 11.8. The van der Waals surface area contributed by atoms with E-state index in [0.717, 1.165) is 26.1 Å². The third kappa shape index (κ3) is 9.52. The molecule has 0 fully saturated rings. The fraction of sp³-hybridized carbons (Fsp3) is 0.500. The van der Waals surface area contributed by atoms with Gasteiger partial charge < -0.3 is 20.7 Å². The summed E-state index contributed by atoms with van der Waals surface area (Å²) in [4.78, 5) is 14.0. The summed E-state index contributed by atoms with van der Waals surface area (Å²) in [7, 11) is 3.73. The predicted octanol–water partition coefficient (Wildman–Crippen LogP) is 1.81. The number of nitrogens with two attached hydrogens (primary N) is 1. The van der Waals surface area contributed by atoms with Crippen LogP contribution in [0.3, 0.4) is 0 Å². The highest BCUT2D eigenvalue weighted by molar-refractivity contribution is 5.94. The van der Waals surface area contributed by atoms with Crippen molar-refractivity contribution in [2.24, 2.45) is 0 Å². The molecule has 122 valence electrons. The molecule has 0 aliphatic rings. The van der Waals surface area contributed by atoms with E-state index in [4.69, 9.17) is 10.5 Å². The van der Waals surface area contributed by atoms with Crippen LogP contribution in [0.15, 0.2) is 24.3 Å². The summed E-state index contributed by atoms with van der Waals surface area (Å²) in [6.45, 7) is 3.22. The smallest absolute Gasteiger partial charge is 0.251 e. The van der Waals surface area contributed by atoms with Crippen molar-refractivity contribution in [2.45, 2.75) is 6.42 Å². The van der Waals surface area contributed by atoms with E-state index >= 15 is 0 Å². The molecule has 1 aromatic rings. The van der Waals surface area contributed by atoms with Gasteiger partial charge in [0.2, 0.25) is 0 Å².